The Morgan fingerprint density at radius 3 is 1.33 bits per heavy atom. The van der Waals surface area contributed by atoms with Gasteiger partial charge in [0.05, 0.1) is 0 Å². The minimum atomic E-state index is 0.421. The molecule has 0 aliphatic heterocycles. The summed E-state index contributed by atoms with van der Waals surface area (Å²) in [6.45, 7) is 4.79. The molecule has 266 valence electrons. The zero-order valence-corrected chi connectivity index (χ0v) is 31.5. The van der Waals surface area contributed by atoms with Gasteiger partial charge in [-0.1, -0.05) is 118 Å². The molecule has 0 heterocycles. The monoisotopic (exact) mass is 683 g/mol. The number of benzene rings is 5. The maximum atomic E-state index is 2.50. The zero-order valence-electron chi connectivity index (χ0n) is 31.5. The summed E-state index contributed by atoms with van der Waals surface area (Å²) in [6.07, 6.45) is 16.8. The van der Waals surface area contributed by atoms with E-state index in [0.717, 1.165) is 35.5 Å². The first-order valence-corrected chi connectivity index (χ1v) is 20.8. The van der Waals surface area contributed by atoms with Crippen molar-refractivity contribution < 1.29 is 0 Å². The van der Waals surface area contributed by atoms with Crippen LogP contribution in [0.5, 0.6) is 0 Å². The second-order valence-electron chi connectivity index (χ2n) is 17.6. The topological polar surface area (TPSA) is 3.24 Å². The Kier molecular flexibility index (Phi) is 9.32. The van der Waals surface area contributed by atoms with E-state index in [4.69, 9.17) is 0 Å². The van der Waals surface area contributed by atoms with E-state index in [-0.39, 0.29) is 0 Å². The Labute approximate surface area is 313 Å². The Bertz CT molecular complexity index is 1870. The second kappa shape index (κ2) is 14.4. The fraction of sp³-hybridized carbons (Fsp3) is 0.412. The molecule has 4 bridgehead atoms. The lowest BCUT2D eigenvalue weighted by molar-refractivity contribution is -0.00518. The highest BCUT2D eigenvalue weighted by Gasteiger charge is 2.51. The lowest BCUT2D eigenvalue weighted by Crippen LogP contribution is -2.48. The summed E-state index contributed by atoms with van der Waals surface area (Å²) in [4.78, 5) is 2.48. The maximum absolute atomic E-state index is 2.50. The molecule has 0 amide bonds. The average molecular weight is 684 g/mol. The van der Waals surface area contributed by atoms with Gasteiger partial charge in [-0.3, -0.25) is 0 Å². The van der Waals surface area contributed by atoms with Crippen LogP contribution in [-0.4, -0.2) is 0 Å². The molecule has 1 nitrogen and oxygen atoms in total. The standard InChI is InChI=1S/C51H57N/c1-3-36-26-37(4-2)28-39(27-36)29-38-10-20-48(21-11-38)52(50-24-18-47(19-25-50)51-33-40-30-41(34-51)32-42(31-40)35-51)49-22-16-46(17-23-49)45-14-12-44(13-15-45)43-8-6-5-7-9-43/h5-25,36-37,39-42H,3-4,26-35H2,1-2H3. The number of hydrogen-bond donors (Lipinski definition) is 0. The molecule has 10 rings (SSSR count). The van der Waals surface area contributed by atoms with Gasteiger partial charge in [0.15, 0.2) is 0 Å². The van der Waals surface area contributed by atoms with Gasteiger partial charge in [-0.15, -0.1) is 0 Å². The molecule has 0 spiro atoms. The van der Waals surface area contributed by atoms with Gasteiger partial charge in [0.25, 0.3) is 0 Å². The number of anilines is 3. The van der Waals surface area contributed by atoms with Crippen molar-refractivity contribution in [2.75, 3.05) is 4.90 Å². The smallest absolute Gasteiger partial charge is 0.0462 e. The third-order valence-electron chi connectivity index (χ3n) is 14.1. The molecule has 5 aromatic carbocycles. The first-order valence-electron chi connectivity index (χ1n) is 20.8. The van der Waals surface area contributed by atoms with E-state index in [1.165, 1.54) is 122 Å². The van der Waals surface area contributed by atoms with Crippen LogP contribution in [0.25, 0.3) is 22.3 Å². The SMILES string of the molecule is CCC1CC(CC)CC(Cc2ccc(N(c3ccc(-c4ccc(-c5ccccc5)cc4)cc3)c3ccc(C45CC6CC(CC(C6)C4)C5)cc3)cc2)C1. The summed E-state index contributed by atoms with van der Waals surface area (Å²) in [5.74, 6) is 5.52. The molecule has 0 saturated heterocycles. The third kappa shape index (κ3) is 6.77. The largest absolute Gasteiger partial charge is 0.311 e. The Balaban J connectivity index is 0.998. The third-order valence-corrected chi connectivity index (χ3v) is 14.1. The molecule has 2 unspecified atom stereocenters. The van der Waals surface area contributed by atoms with E-state index in [2.05, 4.69) is 146 Å². The number of rotatable bonds is 10. The summed E-state index contributed by atoms with van der Waals surface area (Å²) >= 11 is 0. The molecule has 5 aliphatic rings. The lowest BCUT2D eigenvalue weighted by Gasteiger charge is -2.57. The Morgan fingerprint density at radius 2 is 0.846 bits per heavy atom. The van der Waals surface area contributed by atoms with Crippen LogP contribution in [0.15, 0.2) is 127 Å². The molecule has 5 aromatic rings. The predicted molar refractivity (Wildman–Crippen MR) is 220 cm³/mol. The van der Waals surface area contributed by atoms with Gasteiger partial charge in [-0.05, 0) is 175 Å². The normalized spacial score (nSPS) is 27.8. The van der Waals surface area contributed by atoms with Gasteiger partial charge in [0, 0.05) is 17.1 Å². The molecule has 5 fully saturated rings. The van der Waals surface area contributed by atoms with E-state index in [1.54, 1.807) is 5.56 Å². The van der Waals surface area contributed by atoms with Gasteiger partial charge in [-0.2, -0.15) is 0 Å². The summed E-state index contributed by atoms with van der Waals surface area (Å²) in [6, 6.07) is 48.4. The van der Waals surface area contributed by atoms with Crippen LogP contribution in [0.4, 0.5) is 17.1 Å². The average Bonchev–Trinajstić information content (AvgIpc) is 3.19. The van der Waals surface area contributed by atoms with Crippen LogP contribution in [0.1, 0.15) is 95.6 Å². The molecule has 1 heteroatoms. The van der Waals surface area contributed by atoms with Crippen molar-refractivity contribution in [3.05, 3.63) is 139 Å². The van der Waals surface area contributed by atoms with Crippen LogP contribution in [-0.2, 0) is 11.8 Å². The van der Waals surface area contributed by atoms with Crippen LogP contribution in [0.3, 0.4) is 0 Å². The minimum absolute atomic E-state index is 0.421. The first-order chi connectivity index (χ1) is 25.5. The molecule has 5 aliphatic carbocycles. The number of hydrogen-bond acceptors (Lipinski definition) is 1. The van der Waals surface area contributed by atoms with E-state index >= 15 is 0 Å². The molecule has 0 radical (unpaired) electrons. The maximum Gasteiger partial charge on any atom is 0.0462 e. The molecule has 0 aromatic heterocycles. The van der Waals surface area contributed by atoms with E-state index in [9.17, 15) is 0 Å². The van der Waals surface area contributed by atoms with Crippen LogP contribution >= 0.6 is 0 Å². The van der Waals surface area contributed by atoms with Crippen molar-refractivity contribution in [3.8, 4) is 22.3 Å². The van der Waals surface area contributed by atoms with Crippen molar-refractivity contribution in [1.82, 2.24) is 0 Å². The Hall–Kier alpha value is -4.10. The molecule has 2 atom stereocenters. The van der Waals surface area contributed by atoms with Gasteiger partial charge in [0.1, 0.15) is 0 Å². The lowest BCUT2D eigenvalue weighted by atomic mass is 9.48. The molecular formula is C51H57N. The van der Waals surface area contributed by atoms with E-state index < -0.39 is 0 Å². The number of nitrogens with zero attached hydrogens (tertiary/aromatic N) is 1. The van der Waals surface area contributed by atoms with Crippen molar-refractivity contribution in [2.45, 2.75) is 96.3 Å². The van der Waals surface area contributed by atoms with Crippen molar-refractivity contribution in [1.29, 1.82) is 0 Å². The zero-order chi connectivity index (χ0) is 35.1. The summed E-state index contributed by atoms with van der Waals surface area (Å²) in [7, 11) is 0. The molecular weight excluding hydrogens is 627 g/mol. The fourth-order valence-corrected chi connectivity index (χ4v) is 11.8. The van der Waals surface area contributed by atoms with Gasteiger partial charge >= 0.3 is 0 Å². The summed E-state index contributed by atoms with van der Waals surface area (Å²) in [5, 5.41) is 0. The Morgan fingerprint density at radius 1 is 0.442 bits per heavy atom. The molecule has 0 N–H and O–H groups in total. The summed E-state index contributed by atoms with van der Waals surface area (Å²) in [5.41, 5.74) is 12.2. The van der Waals surface area contributed by atoms with Crippen LogP contribution in [0, 0.1) is 35.5 Å². The quantitative estimate of drug-likeness (QED) is 0.142. The predicted octanol–water partition coefficient (Wildman–Crippen LogP) is 14.4. The molecule has 52 heavy (non-hydrogen) atoms. The van der Waals surface area contributed by atoms with Gasteiger partial charge in [-0.25, -0.2) is 0 Å². The summed E-state index contributed by atoms with van der Waals surface area (Å²) < 4.78 is 0. The van der Waals surface area contributed by atoms with Crippen LogP contribution < -0.4 is 4.90 Å². The van der Waals surface area contributed by atoms with Crippen LogP contribution in [0.2, 0.25) is 0 Å². The van der Waals surface area contributed by atoms with E-state index in [1.807, 2.05) is 0 Å². The highest BCUT2D eigenvalue weighted by Crippen LogP contribution is 2.61. The van der Waals surface area contributed by atoms with Crippen molar-refractivity contribution >= 4 is 17.1 Å². The van der Waals surface area contributed by atoms with Gasteiger partial charge in [0.2, 0.25) is 0 Å². The molecule has 5 saturated carbocycles. The van der Waals surface area contributed by atoms with Gasteiger partial charge < -0.3 is 4.90 Å². The highest BCUT2D eigenvalue weighted by molar-refractivity contribution is 5.79. The van der Waals surface area contributed by atoms with Crippen molar-refractivity contribution in [2.24, 2.45) is 35.5 Å². The highest BCUT2D eigenvalue weighted by atomic mass is 15.1. The minimum Gasteiger partial charge on any atom is -0.311 e. The first kappa shape index (κ1) is 33.7. The second-order valence-corrected chi connectivity index (χ2v) is 17.6. The van der Waals surface area contributed by atoms with Crippen molar-refractivity contribution in [3.63, 3.8) is 0 Å². The van der Waals surface area contributed by atoms with E-state index in [0.29, 0.717) is 5.41 Å². The fourth-order valence-electron chi connectivity index (χ4n) is 11.8.